The van der Waals surface area contributed by atoms with Crippen LogP contribution in [0.4, 0.5) is 45.3 Å². The topological polar surface area (TPSA) is 99.5 Å². The van der Waals surface area contributed by atoms with E-state index in [1.165, 1.54) is 10.2 Å². The van der Waals surface area contributed by atoms with Gasteiger partial charge in [0.1, 0.15) is 17.1 Å². The molecule has 1 aliphatic rings. The van der Waals surface area contributed by atoms with E-state index in [2.05, 4.69) is 10.3 Å². The number of benzene rings is 1. The predicted octanol–water partition coefficient (Wildman–Crippen LogP) is 3.03. The van der Waals surface area contributed by atoms with Gasteiger partial charge in [0.05, 0.1) is 17.5 Å². The van der Waals surface area contributed by atoms with Gasteiger partial charge in [0.25, 0.3) is 5.91 Å². The minimum atomic E-state index is -6.08. The third-order valence-corrected chi connectivity index (χ3v) is 6.32. The first-order chi connectivity index (χ1) is 19.0. The molecule has 1 amide bonds. The highest BCUT2D eigenvalue weighted by atomic mass is 19.4. The summed E-state index contributed by atoms with van der Waals surface area (Å²) in [5, 5.41) is 13.5. The lowest BCUT2D eigenvalue weighted by Gasteiger charge is -2.26. The normalized spacial score (nSPS) is 17.4. The number of nitrogens with zero attached hydrogens (tertiary/aromatic N) is 3. The Kier molecular flexibility index (Phi) is 7.97. The Balaban J connectivity index is 1.95. The van der Waals surface area contributed by atoms with Gasteiger partial charge in [0, 0.05) is 44.5 Å². The smallest absolute Gasteiger partial charge is 0.390 e. The summed E-state index contributed by atoms with van der Waals surface area (Å²) >= 11 is 0. The molecule has 0 aliphatic carbocycles. The second-order valence-electron chi connectivity index (χ2n) is 9.24. The van der Waals surface area contributed by atoms with Crippen molar-refractivity contribution in [3.63, 3.8) is 0 Å². The Hall–Kier alpha value is -3.86. The lowest BCUT2D eigenvalue weighted by atomic mass is 10.1. The van der Waals surface area contributed by atoms with Crippen molar-refractivity contribution >= 4 is 22.8 Å². The Morgan fingerprint density at radius 3 is 2.34 bits per heavy atom. The van der Waals surface area contributed by atoms with Crippen molar-refractivity contribution in [3.8, 4) is 5.69 Å². The van der Waals surface area contributed by atoms with Crippen LogP contribution in [0.3, 0.4) is 0 Å². The van der Waals surface area contributed by atoms with Crippen molar-refractivity contribution in [2.75, 3.05) is 31.1 Å². The molecule has 41 heavy (non-hydrogen) atoms. The molecule has 3 aromatic rings. The number of alkyl halides is 5. The lowest BCUT2D eigenvalue weighted by molar-refractivity contribution is -0.290. The van der Waals surface area contributed by atoms with Gasteiger partial charge in [-0.05, 0) is 13.0 Å². The molecule has 1 fully saturated rings. The molecule has 1 aromatic carbocycles. The monoisotopic (exact) mass is 597 g/mol. The van der Waals surface area contributed by atoms with Gasteiger partial charge in [0.15, 0.2) is 28.9 Å². The van der Waals surface area contributed by atoms with Gasteiger partial charge in [-0.25, -0.2) is 22.5 Å². The van der Waals surface area contributed by atoms with Crippen molar-refractivity contribution in [1.82, 2.24) is 20.2 Å². The maximum absolute atomic E-state index is 15.2. The van der Waals surface area contributed by atoms with Gasteiger partial charge < -0.3 is 20.6 Å². The van der Waals surface area contributed by atoms with E-state index in [0.29, 0.717) is 23.8 Å². The SMILES string of the molecule is CC(NC(=O)c1cn(-c2c(F)cc(F)cc2F)c2nc(N3CCNCC(O)C3)c(F)cc2c1=O)C(F)(F)C(F)(F)F. The molecule has 0 radical (unpaired) electrons. The molecule has 1 aliphatic heterocycles. The molecule has 3 heterocycles. The molecule has 2 unspecified atom stereocenters. The number of hydrogen-bond donors (Lipinski definition) is 3. The van der Waals surface area contributed by atoms with E-state index < -0.39 is 87.0 Å². The molecule has 222 valence electrons. The molecule has 1 saturated heterocycles. The van der Waals surface area contributed by atoms with Crippen molar-refractivity contribution in [3.05, 3.63) is 63.5 Å². The molecular formula is C24H20F9N5O3. The van der Waals surface area contributed by atoms with Crippen LogP contribution in [0.15, 0.2) is 29.2 Å². The van der Waals surface area contributed by atoms with Crippen LogP contribution >= 0.6 is 0 Å². The van der Waals surface area contributed by atoms with Crippen molar-refractivity contribution in [2.45, 2.75) is 31.2 Å². The average molecular weight is 597 g/mol. The number of pyridine rings is 2. The number of aromatic nitrogens is 2. The first-order valence-electron chi connectivity index (χ1n) is 11.8. The van der Waals surface area contributed by atoms with Crippen molar-refractivity contribution < 1.29 is 49.4 Å². The highest BCUT2D eigenvalue weighted by molar-refractivity contribution is 5.97. The molecular weight excluding hydrogens is 577 g/mol. The van der Waals surface area contributed by atoms with Crippen LogP contribution in [-0.2, 0) is 0 Å². The maximum Gasteiger partial charge on any atom is 0.455 e. The van der Waals surface area contributed by atoms with Gasteiger partial charge in [-0.3, -0.25) is 14.2 Å². The van der Waals surface area contributed by atoms with E-state index in [1.807, 2.05) is 0 Å². The highest BCUT2D eigenvalue weighted by Crippen LogP contribution is 2.38. The molecule has 2 atom stereocenters. The largest absolute Gasteiger partial charge is 0.455 e. The van der Waals surface area contributed by atoms with Crippen LogP contribution < -0.4 is 21.0 Å². The standard InChI is InChI=1S/C24H20F9N5O3/c1-10(23(29,30)24(31,32)33)35-22(41)14-9-38(18-15(26)4-11(25)5-16(18)27)20-13(19(14)40)6-17(28)21(36-20)37-3-2-34-7-12(39)8-37/h4-6,9-10,12,34,39H,2-3,7-8H2,1H3,(H,35,41). The van der Waals surface area contributed by atoms with Gasteiger partial charge in [-0.2, -0.15) is 22.0 Å². The van der Waals surface area contributed by atoms with Crippen LogP contribution in [0.2, 0.25) is 0 Å². The predicted molar refractivity (Wildman–Crippen MR) is 126 cm³/mol. The fourth-order valence-electron chi connectivity index (χ4n) is 4.23. The summed E-state index contributed by atoms with van der Waals surface area (Å²) in [5.74, 6) is -13.5. The molecule has 2 aromatic heterocycles. The summed E-state index contributed by atoms with van der Waals surface area (Å²) in [6.45, 7) is 0.637. The van der Waals surface area contributed by atoms with E-state index in [0.717, 1.165) is 0 Å². The van der Waals surface area contributed by atoms with Crippen LogP contribution in [0, 0.1) is 23.3 Å². The summed E-state index contributed by atoms with van der Waals surface area (Å²) in [4.78, 5) is 31.1. The number of hydrogen-bond acceptors (Lipinski definition) is 6. The minimum Gasteiger partial charge on any atom is -0.390 e. The second kappa shape index (κ2) is 10.8. The molecule has 0 spiro atoms. The summed E-state index contributed by atoms with van der Waals surface area (Å²) in [6.07, 6.45) is -6.67. The maximum atomic E-state index is 15.2. The zero-order chi connectivity index (χ0) is 30.4. The average Bonchev–Trinajstić information content (AvgIpc) is 3.07. The molecule has 3 N–H and O–H groups in total. The number of halogens is 9. The second-order valence-corrected chi connectivity index (χ2v) is 9.24. The molecule has 4 rings (SSSR count). The first-order valence-corrected chi connectivity index (χ1v) is 11.8. The molecule has 8 nitrogen and oxygen atoms in total. The lowest BCUT2D eigenvalue weighted by Crippen LogP contribution is -2.54. The Bertz CT molecular complexity index is 1540. The molecule has 0 saturated carbocycles. The summed E-state index contributed by atoms with van der Waals surface area (Å²) in [5.41, 5.74) is -4.42. The first kappa shape index (κ1) is 30.1. The van der Waals surface area contributed by atoms with E-state index >= 15 is 4.39 Å². The van der Waals surface area contributed by atoms with E-state index in [9.17, 15) is 49.8 Å². The third-order valence-electron chi connectivity index (χ3n) is 6.32. The number of aliphatic hydroxyl groups excluding tert-OH is 1. The number of amides is 1. The van der Waals surface area contributed by atoms with Crippen LogP contribution in [0.5, 0.6) is 0 Å². The Morgan fingerprint density at radius 1 is 1.10 bits per heavy atom. The zero-order valence-electron chi connectivity index (χ0n) is 20.8. The summed E-state index contributed by atoms with van der Waals surface area (Å²) in [6, 6.07) is -1.91. The van der Waals surface area contributed by atoms with Crippen molar-refractivity contribution in [1.29, 1.82) is 0 Å². The fraction of sp³-hybridized carbons (Fsp3) is 0.375. The quantitative estimate of drug-likeness (QED) is 0.392. The number of β-amino-alcohol motifs (C(OH)–C–C–N with tert-alkyl or cyclic N) is 1. The third kappa shape index (κ3) is 5.68. The summed E-state index contributed by atoms with van der Waals surface area (Å²) in [7, 11) is 0. The number of carbonyl (C=O) groups is 1. The van der Waals surface area contributed by atoms with E-state index in [4.69, 9.17) is 0 Å². The van der Waals surface area contributed by atoms with E-state index in [-0.39, 0.29) is 38.3 Å². The fourth-order valence-corrected chi connectivity index (χ4v) is 4.23. The van der Waals surface area contributed by atoms with Gasteiger partial charge in [-0.1, -0.05) is 0 Å². The molecule has 17 heteroatoms. The van der Waals surface area contributed by atoms with E-state index in [1.54, 1.807) is 0 Å². The summed E-state index contributed by atoms with van der Waals surface area (Å²) < 4.78 is 125. The number of fused-ring (bicyclic) bond motifs is 1. The highest BCUT2D eigenvalue weighted by Gasteiger charge is 2.61. The van der Waals surface area contributed by atoms with Gasteiger partial charge in [-0.15, -0.1) is 0 Å². The van der Waals surface area contributed by atoms with Gasteiger partial charge in [0.2, 0.25) is 5.43 Å². The molecule has 0 bridgehead atoms. The number of carbonyl (C=O) groups excluding carboxylic acids is 1. The Morgan fingerprint density at radius 2 is 1.73 bits per heavy atom. The zero-order valence-corrected chi connectivity index (χ0v) is 20.8. The number of aliphatic hydroxyl groups is 1. The van der Waals surface area contributed by atoms with Crippen LogP contribution in [0.25, 0.3) is 16.7 Å². The van der Waals surface area contributed by atoms with Crippen LogP contribution in [0.1, 0.15) is 17.3 Å². The number of nitrogens with one attached hydrogen (secondary N) is 2. The number of anilines is 1. The van der Waals surface area contributed by atoms with Crippen LogP contribution in [-0.4, -0.2) is 71.0 Å². The Labute approximate surface area is 224 Å². The number of rotatable bonds is 5. The minimum absolute atomic E-state index is 0.0851. The van der Waals surface area contributed by atoms with Gasteiger partial charge >= 0.3 is 12.1 Å². The van der Waals surface area contributed by atoms with Crippen molar-refractivity contribution in [2.24, 2.45) is 0 Å².